The molecule has 0 spiro atoms. The van der Waals surface area contributed by atoms with Crippen LogP contribution in [0.1, 0.15) is 18.3 Å². The number of nitrogens with one attached hydrogen (secondary N) is 1. The predicted octanol–water partition coefficient (Wildman–Crippen LogP) is -0.259. The lowest BCUT2D eigenvalue weighted by atomic mass is 10.2. The molecule has 3 atom stereocenters. The van der Waals surface area contributed by atoms with Crippen molar-refractivity contribution in [2.24, 2.45) is 0 Å². The van der Waals surface area contributed by atoms with Crippen LogP contribution in [0.15, 0.2) is 12.4 Å². The highest BCUT2D eigenvalue weighted by molar-refractivity contribution is 5.92. The van der Waals surface area contributed by atoms with Crippen LogP contribution in [-0.4, -0.2) is 67.4 Å². The first-order valence-electron chi connectivity index (χ1n) is 8.17. The second-order valence-corrected chi connectivity index (χ2v) is 6.01. The number of ether oxygens (including phenoxy) is 1. The van der Waals surface area contributed by atoms with Gasteiger partial charge < -0.3 is 26.0 Å². The van der Waals surface area contributed by atoms with E-state index in [-0.39, 0.29) is 31.1 Å². The van der Waals surface area contributed by atoms with Gasteiger partial charge in [-0.05, 0) is 6.08 Å². The van der Waals surface area contributed by atoms with E-state index in [4.69, 9.17) is 10.5 Å². The van der Waals surface area contributed by atoms with Crippen molar-refractivity contribution in [1.82, 2.24) is 25.1 Å². The van der Waals surface area contributed by atoms with Crippen LogP contribution < -0.4 is 11.1 Å². The van der Waals surface area contributed by atoms with Crippen LogP contribution in [0.25, 0.3) is 17.1 Å². The average Bonchev–Trinajstić information content (AvgIpc) is 3.18. The number of hydrogen-bond acceptors (Lipinski definition) is 8. The number of carbonyl (C=O) groups is 1. The molecule has 0 saturated carbocycles. The van der Waals surface area contributed by atoms with Crippen LogP contribution in [0.4, 0.5) is 19.0 Å². The minimum atomic E-state index is -4.97. The van der Waals surface area contributed by atoms with Crippen LogP contribution >= 0.6 is 0 Å². The van der Waals surface area contributed by atoms with Crippen LogP contribution in [0.5, 0.6) is 0 Å². The third kappa shape index (κ3) is 3.90. The Morgan fingerprint density at radius 1 is 1.46 bits per heavy atom. The van der Waals surface area contributed by atoms with Gasteiger partial charge in [-0.3, -0.25) is 4.79 Å². The number of nitrogens with two attached hydrogens (primary N) is 1. The van der Waals surface area contributed by atoms with Crippen LogP contribution in [0, 0.1) is 0 Å². The SMILES string of the molecule is Nc1ncnc2c1c(/C=C/CNC(=O)C(F)(F)F)nn2[C@H]1CC(O)[C@@H](CO)O1. The maximum atomic E-state index is 12.2. The molecule has 1 amide bonds. The summed E-state index contributed by atoms with van der Waals surface area (Å²) >= 11 is 0. The van der Waals surface area contributed by atoms with E-state index in [0.29, 0.717) is 11.0 Å². The highest BCUT2D eigenvalue weighted by Gasteiger charge is 2.38. The van der Waals surface area contributed by atoms with Gasteiger partial charge in [-0.25, -0.2) is 14.6 Å². The summed E-state index contributed by atoms with van der Waals surface area (Å²) in [5.41, 5.74) is 6.42. The van der Waals surface area contributed by atoms with Gasteiger partial charge in [0, 0.05) is 13.0 Å². The zero-order valence-corrected chi connectivity index (χ0v) is 14.3. The molecule has 1 saturated heterocycles. The summed E-state index contributed by atoms with van der Waals surface area (Å²) in [6.45, 7) is -0.759. The number of nitrogen functional groups attached to an aromatic ring is 1. The number of aromatic nitrogens is 4. The van der Waals surface area contributed by atoms with Crippen LogP contribution in [0.3, 0.4) is 0 Å². The molecule has 3 heterocycles. The number of rotatable bonds is 5. The molecule has 28 heavy (non-hydrogen) atoms. The van der Waals surface area contributed by atoms with Gasteiger partial charge in [0.2, 0.25) is 0 Å². The zero-order valence-electron chi connectivity index (χ0n) is 14.3. The van der Waals surface area contributed by atoms with Crippen molar-refractivity contribution >= 4 is 28.8 Å². The van der Waals surface area contributed by atoms with Gasteiger partial charge >= 0.3 is 12.1 Å². The second-order valence-electron chi connectivity index (χ2n) is 6.01. The molecule has 2 aromatic rings. The number of amides is 1. The Bertz CT molecular complexity index is 900. The molecule has 0 bridgehead atoms. The average molecular weight is 402 g/mol. The highest BCUT2D eigenvalue weighted by Crippen LogP contribution is 2.32. The first-order valence-corrected chi connectivity index (χ1v) is 8.17. The number of aliphatic hydroxyl groups excluding tert-OH is 2. The third-order valence-electron chi connectivity index (χ3n) is 4.12. The van der Waals surface area contributed by atoms with Crippen molar-refractivity contribution in [3.8, 4) is 0 Å². The fraction of sp³-hybridized carbons (Fsp3) is 0.467. The van der Waals surface area contributed by atoms with Crippen molar-refractivity contribution in [1.29, 1.82) is 0 Å². The maximum Gasteiger partial charge on any atom is 0.471 e. The second kappa shape index (κ2) is 7.69. The normalized spacial score (nSPS) is 23.0. The number of anilines is 1. The number of carbonyl (C=O) groups excluding carboxylic acids is 1. The molecule has 3 rings (SSSR count). The van der Waals surface area contributed by atoms with Gasteiger partial charge in [0.05, 0.1) is 23.8 Å². The van der Waals surface area contributed by atoms with Crippen molar-refractivity contribution in [3.63, 3.8) is 0 Å². The zero-order chi connectivity index (χ0) is 20.5. The highest BCUT2D eigenvalue weighted by atomic mass is 19.4. The standard InChI is InChI=1S/C15H17F3N6O4/c16-15(17,18)14(27)20-3-1-2-7-11-12(19)21-6-22-13(11)24(23-7)10-4-8(26)9(5-25)28-10/h1-2,6,8-10,25-26H,3-5H2,(H,20,27)(H2,19,21,22)/b2-1+/t8?,9-,10-/m1/s1. The molecule has 152 valence electrons. The molecule has 0 radical (unpaired) electrons. The lowest BCUT2D eigenvalue weighted by Gasteiger charge is -2.12. The van der Waals surface area contributed by atoms with Crippen molar-refractivity contribution in [3.05, 3.63) is 18.1 Å². The molecule has 1 fully saturated rings. The molecular formula is C15H17F3N6O4. The molecule has 13 heteroatoms. The van der Waals surface area contributed by atoms with E-state index in [1.807, 2.05) is 0 Å². The lowest BCUT2D eigenvalue weighted by Crippen LogP contribution is -2.36. The number of fused-ring (bicyclic) bond motifs is 1. The van der Waals surface area contributed by atoms with Crippen LogP contribution in [0.2, 0.25) is 0 Å². The van der Waals surface area contributed by atoms with E-state index in [1.54, 1.807) is 5.32 Å². The Morgan fingerprint density at radius 3 is 2.86 bits per heavy atom. The molecule has 1 unspecified atom stereocenters. The Balaban J connectivity index is 1.85. The number of alkyl halides is 3. The van der Waals surface area contributed by atoms with Gasteiger partial charge in [-0.2, -0.15) is 18.3 Å². The summed E-state index contributed by atoms with van der Waals surface area (Å²) in [6.07, 6.45) is -3.38. The third-order valence-corrected chi connectivity index (χ3v) is 4.12. The largest absolute Gasteiger partial charge is 0.471 e. The molecule has 0 aromatic carbocycles. The summed E-state index contributed by atoms with van der Waals surface area (Å²) in [7, 11) is 0. The van der Waals surface area contributed by atoms with Crippen molar-refractivity contribution < 1.29 is 32.9 Å². The van der Waals surface area contributed by atoms with Gasteiger partial charge in [-0.1, -0.05) is 6.08 Å². The van der Waals surface area contributed by atoms with Gasteiger partial charge in [0.25, 0.3) is 0 Å². The van der Waals surface area contributed by atoms with Crippen LogP contribution in [-0.2, 0) is 9.53 Å². The first kappa shape index (κ1) is 20.0. The Morgan fingerprint density at radius 2 is 2.21 bits per heavy atom. The molecule has 5 N–H and O–H groups in total. The Hall–Kier alpha value is -2.77. The predicted molar refractivity (Wildman–Crippen MR) is 89.5 cm³/mol. The van der Waals surface area contributed by atoms with Crippen molar-refractivity contribution in [2.75, 3.05) is 18.9 Å². The van der Waals surface area contributed by atoms with E-state index >= 15 is 0 Å². The number of halogens is 3. The summed E-state index contributed by atoms with van der Waals surface area (Å²) in [4.78, 5) is 18.8. The molecular weight excluding hydrogens is 385 g/mol. The monoisotopic (exact) mass is 402 g/mol. The van der Waals surface area contributed by atoms with Gasteiger partial charge in [0.1, 0.15) is 18.2 Å². The molecule has 0 aliphatic carbocycles. The Kier molecular flexibility index (Phi) is 5.49. The van der Waals surface area contributed by atoms with Crippen molar-refractivity contribution in [2.45, 2.75) is 31.0 Å². The molecule has 1 aliphatic rings. The molecule has 10 nitrogen and oxygen atoms in total. The summed E-state index contributed by atoms with van der Waals surface area (Å²) in [6, 6.07) is 0. The van der Waals surface area contributed by atoms with E-state index in [1.165, 1.54) is 23.2 Å². The van der Waals surface area contributed by atoms with E-state index in [2.05, 4.69) is 15.1 Å². The topological polar surface area (TPSA) is 148 Å². The minimum Gasteiger partial charge on any atom is -0.394 e. The lowest BCUT2D eigenvalue weighted by molar-refractivity contribution is -0.173. The van der Waals surface area contributed by atoms with Gasteiger partial charge in [0.15, 0.2) is 11.9 Å². The summed E-state index contributed by atoms with van der Waals surface area (Å²) in [5.74, 6) is -1.97. The quantitative estimate of drug-likeness (QED) is 0.535. The van der Waals surface area contributed by atoms with E-state index < -0.39 is 30.5 Å². The smallest absolute Gasteiger partial charge is 0.394 e. The van der Waals surface area contributed by atoms with Gasteiger partial charge in [-0.15, -0.1) is 0 Å². The maximum absolute atomic E-state index is 12.2. The minimum absolute atomic E-state index is 0.0903. The number of nitrogens with zero attached hydrogens (tertiary/aromatic N) is 4. The molecule has 1 aliphatic heterocycles. The van der Waals surface area contributed by atoms with E-state index in [0.717, 1.165) is 0 Å². The molecule has 2 aromatic heterocycles. The number of aliphatic hydroxyl groups is 2. The Labute approximate surface area is 155 Å². The fourth-order valence-corrected chi connectivity index (χ4v) is 2.79. The van der Waals surface area contributed by atoms with E-state index in [9.17, 15) is 28.2 Å². The number of hydrogen-bond donors (Lipinski definition) is 4. The first-order chi connectivity index (χ1) is 13.2. The summed E-state index contributed by atoms with van der Waals surface area (Å²) < 4.78 is 43.5. The fourth-order valence-electron chi connectivity index (χ4n) is 2.79. The summed E-state index contributed by atoms with van der Waals surface area (Å²) in [5, 5.41) is 25.5.